The molecular weight excluding hydrogens is 295 g/mol. The molecular formula is C15H12ClFN2O2. The van der Waals surface area contributed by atoms with E-state index in [2.05, 4.69) is 10.6 Å². The van der Waals surface area contributed by atoms with Crippen molar-refractivity contribution in [3.8, 4) is 5.75 Å². The van der Waals surface area contributed by atoms with Crippen LogP contribution in [0.2, 0.25) is 5.02 Å². The van der Waals surface area contributed by atoms with Crippen molar-refractivity contribution < 1.29 is 13.9 Å². The van der Waals surface area contributed by atoms with E-state index in [0.717, 1.165) is 0 Å². The van der Waals surface area contributed by atoms with E-state index in [9.17, 15) is 9.18 Å². The van der Waals surface area contributed by atoms with Gasteiger partial charge in [0.2, 0.25) is 0 Å². The highest BCUT2D eigenvalue weighted by atomic mass is 35.5. The quantitative estimate of drug-likeness (QED) is 0.911. The first-order chi connectivity index (χ1) is 10.1. The van der Waals surface area contributed by atoms with E-state index >= 15 is 0 Å². The normalized spacial score (nSPS) is 16.3. The number of fused-ring (bicyclic) bond motifs is 1. The van der Waals surface area contributed by atoms with Crippen molar-refractivity contribution in [2.45, 2.75) is 6.04 Å². The first-order valence-electron chi connectivity index (χ1n) is 6.29. The maximum atomic E-state index is 13.4. The molecule has 0 saturated carbocycles. The third-order valence-electron chi connectivity index (χ3n) is 3.31. The summed E-state index contributed by atoms with van der Waals surface area (Å²) in [5.74, 6) is -0.0928. The highest BCUT2D eigenvalue weighted by molar-refractivity contribution is 6.31. The monoisotopic (exact) mass is 306 g/mol. The standard InChI is InChI=1S/C15H12ClFN2O2/c1-21-13-5-2-8(16)6-12(13)18-14-10-7-9(17)3-4-11(10)19-15(14)20/h2-7,14,18H,1H3,(H,19,20). The molecule has 0 spiro atoms. The summed E-state index contributed by atoms with van der Waals surface area (Å²) in [5.41, 5.74) is 1.73. The molecule has 2 N–H and O–H groups in total. The van der Waals surface area contributed by atoms with Crippen molar-refractivity contribution in [1.29, 1.82) is 0 Å². The Bertz CT molecular complexity index is 721. The van der Waals surface area contributed by atoms with Gasteiger partial charge in [-0.2, -0.15) is 0 Å². The van der Waals surface area contributed by atoms with Gasteiger partial charge in [-0.05, 0) is 36.4 Å². The van der Waals surface area contributed by atoms with Crippen molar-refractivity contribution >= 4 is 28.9 Å². The van der Waals surface area contributed by atoms with Gasteiger partial charge in [-0.1, -0.05) is 11.6 Å². The van der Waals surface area contributed by atoms with E-state index in [0.29, 0.717) is 27.7 Å². The molecule has 108 valence electrons. The number of halogens is 2. The SMILES string of the molecule is COc1ccc(Cl)cc1NC1C(=O)Nc2ccc(F)cc21. The number of rotatable bonds is 3. The summed E-state index contributed by atoms with van der Waals surface area (Å²) in [4.78, 5) is 12.1. The van der Waals surface area contributed by atoms with Crippen molar-refractivity contribution in [2.75, 3.05) is 17.7 Å². The maximum Gasteiger partial charge on any atom is 0.251 e. The van der Waals surface area contributed by atoms with Crippen LogP contribution in [0.25, 0.3) is 0 Å². The Labute approximate surface area is 125 Å². The predicted octanol–water partition coefficient (Wildman–Crippen LogP) is 3.59. The largest absolute Gasteiger partial charge is 0.495 e. The topological polar surface area (TPSA) is 50.4 Å². The molecule has 1 aliphatic heterocycles. The fourth-order valence-electron chi connectivity index (χ4n) is 2.32. The molecule has 6 heteroatoms. The van der Waals surface area contributed by atoms with Gasteiger partial charge in [0.1, 0.15) is 17.6 Å². The molecule has 1 unspecified atom stereocenters. The lowest BCUT2D eigenvalue weighted by Crippen LogP contribution is -2.20. The number of methoxy groups -OCH3 is 1. The Balaban J connectivity index is 1.98. The van der Waals surface area contributed by atoms with Crippen molar-refractivity contribution in [3.63, 3.8) is 0 Å². The van der Waals surface area contributed by atoms with Gasteiger partial charge in [0.05, 0.1) is 12.8 Å². The number of anilines is 2. The molecule has 1 heterocycles. The molecule has 2 aromatic carbocycles. The molecule has 3 rings (SSSR count). The minimum atomic E-state index is -0.692. The van der Waals surface area contributed by atoms with Gasteiger partial charge in [-0.3, -0.25) is 4.79 Å². The molecule has 0 aliphatic carbocycles. The minimum Gasteiger partial charge on any atom is -0.495 e. The van der Waals surface area contributed by atoms with Crippen LogP contribution in [-0.2, 0) is 4.79 Å². The first-order valence-corrected chi connectivity index (χ1v) is 6.66. The number of hydrogen-bond donors (Lipinski definition) is 2. The van der Waals surface area contributed by atoms with Crippen LogP contribution >= 0.6 is 11.6 Å². The van der Waals surface area contributed by atoms with Crippen molar-refractivity contribution in [3.05, 3.63) is 52.8 Å². The number of hydrogen-bond acceptors (Lipinski definition) is 3. The van der Waals surface area contributed by atoms with E-state index in [4.69, 9.17) is 16.3 Å². The van der Waals surface area contributed by atoms with Crippen molar-refractivity contribution in [2.24, 2.45) is 0 Å². The number of carbonyl (C=O) groups excluding carboxylic acids is 1. The average molecular weight is 307 g/mol. The molecule has 21 heavy (non-hydrogen) atoms. The van der Waals surface area contributed by atoms with E-state index < -0.39 is 11.9 Å². The van der Waals surface area contributed by atoms with Gasteiger partial charge in [0, 0.05) is 16.3 Å². The molecule has 1 atom stereocenters. The lowest BCUT2D eigenvalue weighted by molar-refractivity contribution is -0.116. The minimum absolute atomic E-state index is 0.252. The van der Waals surface area contributed by atoms with Crippen LogP contribution in [0.1, 0.15) is 11.6 Å². The second-order valence-corrected chi connectivity index (χ2v) is 5.08. The van der Waals surface area contributed by atoms with Crippen LogP contribution in [0.5, 0.6) is 5.75 Å². The van der Waals surface area contributed by atoms with Gasteiger partial charge in [-0.25, -0.2) is 4.39 Å². The van der Waals surface area contributed by atoms with E-state index in [1.165, 1.54) is 19.2 Å². The number of ether oxygens (including phenoxy) is 1. The molecule has 0 radical (unpaired) electrons. The highest BCUT2D eigenvalue weighted by Crippen LogP contribution is 2.37. The van der Waals surface area contributed by atoms with Crippen LogP contribution in [0.3, 0.4) is 0 Å². The smallest absolute Gasteiger partial charge is 0.251 e. The zero-order valence-corrected chi connectivity index (χ0v) is 11.9. The van der Waals surface area contributed by atoms with Gasteiger partial charge in [0.25, 0.3) is 5.91 Å². The molecule has 1 aliphatic rings. The summed E-state index contributed by atoms with van der Waals surface area (Å²) in [6.07, 6.45) is 0. The summed E-state index contributed by atoms with van der Waals surface area (Å²) in [7, 11) is 1.52. The Morgan fingerprint density at radius 1 is 1.29 bits per heavy atom. The predicted molar refractivity (Wildman–Crippen MR) is 79.4 cm³/mol. The van der Waals surface area contributed by atoms with Crippen LogP contribution in [0, 0.1) is 5.82 Å². The highest BCUT2D eigenvalue weighted by Gasteiger charge is 2.31. The summed E-state index contributed by atoms with van der Waals surface area (Å²) in [6.45, 7) is 0. The van der Waals surface area contributed by atoms with Crippen molar-refractivity contribution in [1.82, 2.24) is 0 Å². The number of nitrogens with one attached hydrogen (secondary N) is 2. The molecule has 4 nitrogen and oxygen atoms in total. The van der Waals surface area contributed by atoms with Gasteiger partial charge < -0.3 is 15.4 Å². The van der Waals surface area contributed by atoms with E-state index in [1.807, 2.05) is 0 Å². The van der Waals surface area contributed by atoms with Crippen LogP contribution < -0.4 is 15.4 Å². The number of carbonyl (C=O) groups is 1. The molecule has 1 amide bonds. The third-order valence-corrected chi connectivity index (χ3v) is 3.54. The molecule has 0 bridgehead atoms. The fourth-order valence-corrected chi connectivity index (χ4v) is 2.50. The Morgan fingerprint density at radius 2 is 2.10 bits per heavy atom. The Hall–Kier alpha value is -2.27. The molecule has 0 aromatic heterocycles. The fraction of sp³-hybridized carbons (Fsp3) is 0.133. The molecule has 0 saturated heterocycles. The second-order valence-electron chi connectivity index (χ2n) is 4.64. The molecule has 2 aromatic rings. The third kappa shape index (κ3) is 2.52. The average Bonchev–Trinajstić information content (AvgIpc) is 2.75. The summed E-state index contributed by atoms with van der Waals surface area (Å²) in [5, 5.41) is 6.26. The number of amides is 1. The lowest BCUT2D eigenvalue weighted by Gasteiger charge is -2.16. The second kappa shape index (κ2) is 5.26. The zero-order valence-electron chi connectivity index (χ0n) is 11.1. The summed E-state index contributed by atoms with van der Waals surface area (Å²) >= 11 is 5.96. The first kappa shape index (κ1) is 13.7. The van der Waals surface area contributed by atoms with Gasteiger partial charge >= 0.3 is 0 Å². The van der Waals surface area contributed by atoms with Crippen LogP contribution in [0.15, 0.2) is 36.4 Å². The summed E-state index contributed by atoms with van der Waals surface area (Å²) < 4.78 is 18.6. The number of benzene rings is 2. The Kier molecular flexibility index (Phi) is 3.43. The van der Waals surface area contributed by atoms with Crippen LogP contribution in [0.4, 0.5) is 15.8 Å². The van der Waals surface area contributed by atoms with Crippen LogP contribution in [-0.4, -0.2) is 13.0 Å². The maximum absolute atomic E-state index is 13.4. The zero-order chi connectivity index (χ0) is 15.0. The van der Waals surface area contributed by atoms with Gasteiger partial charge in [-0.15, -0.1) is 0 Å². The summed E-state index contributed by atoms with van der Waals surface area (Å²) in [6, 6.07) is 8.54. The van der Waals surface area contributed by atoms with E-state index in [1.54, 1.807) is 24.3 Å². The lowest BCUT2D eigenvalue weighted by atomic mass is 10.1. The Morgan fingerprint density at radius 3 is 2.86 bits per heavy atom. The molecule has 0 fully saturated rings. The van der Waals surface area contributed by atoms with E-state index in [-0.39, 0.29) is 5.91 Å². The van der Waals surface area contributed by atoms with Gasteiger partial charge in [0.15, 0.2) is 0 Å².